The zero-order valence-electron chi connectivity index (χ0n) is 9.03. The Kier molecular flexibility index (Phi) is 2.77. The molecule has 0 saturated carbocycles. The minimum absolute atomic E-state index is 0.0426. The first-order valence-electron chi connectivity index (χ1n) is 5.49. The van der Waals surface area contributed by atoms with Crippen molar-refractivity contribution in [1.82, 2.24) is 4.90 Å². The Labute approximate surface area is 85.4 Å². The molecule has 2 aliphatic rings. The van der Waals surface area contributed by atoms with Crippen LogP contribution in [0.1, 0.15) is 32.1 Å². The van der Waals surface area contributed by atoms with E-state index in [1.165, 1.54) is 32.8 Å². The molecule has 80 valence electrons. The maximum atomic E-state index is 11.2. The molecule has 0 N–H and O–H groups in total. The summed E-state index contributed by atoms with van der Waals surface area (Å²) in [5.74, 6) is 0.523. The number of rotatable bonds is 2. The lowest BCUT2D eigenvalue weighted by Gasteiger charge is -2.35. The van der Waals surface area contributed by atoms with Gasteiger partial charge in [-0.3, -0.25) is 4.79 Å². The van der Waals surface area contributed by atoms with Crippen LogP contribution in [0.25, 0.3) is 0 Å². The second-order valence-corrected chi connectivity index (χ2v) is 4.67. The Morgan fingerprint density at radius 1 is 1.36 bits per heavy atom. The van der Waals surface area contributed by atoms with Crippen molar-refractivity contribution in [3.8, 4) is 0 Å². The Balaban J connectivity index is 1.90. The van der Waals surface area contributed by atoms with E-state index < -0.39 is 0 Å². The average Bonchev–Trinajstić information content (AvgIpc) is 2.42. The van der Waals surface area contributed by atoms with E-state index in [1.54, 1.807) is 0 Å². The Hall–Kier alpha value is -0.570. The van der Waals surface area contributed by atoms with Crippen LogP contribution in [0.3, 0.4) is 0 Å². The van der Waals surface area contributed by atoms with Crippen LogP contribution in [0.5, 0.6) is 0 Å². The number of piperidine rings is 1. The van der Waals surface area contributed by atoms with Gasteiger partial charge in [-0.05, 0) is 38.6 Å². The van der Waals surface area contributed by atoms with E-state index in [9.17, 15) is 4.79 Å². The third-order valence-electron chi connectivity index (χ3n) is 3.88. The highest BCUT2D eigenvalue weighted by atomic mass is 16.5. The van der Waals surface area contributed by atoms with Crippen LogP contribution in [-0.4, -0.2) is 37.1 Å². The Morgan fingerprint density at radius 3 is 2.43 bits per heavy atom. The zero-order valence-corrected chi connectivity index (χ0v) is 9.03. The van der Waals surface area contributed by atoms with E-state index in [0.29, 0.717) is 12.3 Å². The summed E-state index contributed by atoms with van der Waals surface area (Å²) in [6.07, 6.45) is 5.62. The molecule has 0 aliphatic carbocycles. The normalized spacial score (nSPS) is 37.1. The number of carbonyl (C=O) groups is 1. The van der Waals surface area contributed by atoms with Crippen molar-refractivity contribution in [2.45, 2.75) is 44.2 Å². The number of methoxy groups -OCH3 is 1. The van der Waals surface area contributed by atoms with E-state index in [0.717, 1.165) is 12.1 Å². The standard InChI is InChI=1S/C11H19NO2/c1-12-9-3-4-10(12)6-8(5-9)7-11(13)14-2/h8-10H,3-7H2,1-2H3/t8?,9-,10+. The molecular formula is C11H19NO2. The van der Waals surface area contributed by atoms with Crippen LogP contribution in [0.15, 0.2) is 0 Å². The molecule has 14 heavy (non-hydrogen) atoms. The first kappa shape index (κ1) is 9.97. The summed E-state index contributed by atoms with van der Waals surface area (Å²) in [5, 5.41) is 0. The van der Waals surface area contributed by atoms with Gasteiger partial charge in [0.05, 0.1) is 7.11 Å². The molecule has 0 aromatic carbocycles. The SMILES string of the molecule is COC(=O)CC1C[C@H]2CC[C@@H](C1)N2C. The van der Waals surface area contributed by atoms with Gasteiger partial charge in [-0.15, -0.1) is 0 Å². The minimum atomic E-state index is -0.0426. The van der Waals surface area contributed by atoms with Crippen LogP contribution < -0.4 is 0 Å². The molecule has 2 rings (SSSR count). The molecule has 2 fully saturated rings. The van der Waals surface area contributed by atoms with Gasteiger partial charge in [0.25, 0.3) is 0 Å². The Morgan fingerprint density at radius 2 is 1.93 bits per heavy atom. The zero-order chi connectivity index (χ0) is 10.1. The molecule has 3 heteroatoms. The lowest BCUT2D eigenvalue weighted by Crippen LogP contribution is -2.40. The fraction of sp³-hybridized carbons (Fsp3) is 0.909. The predicted molar refractivity (Wildman–Crippen MR) is 53.9 cm³/mol. The molecule has 0 aromatic rings. The Bertz CT molecular complexity index is 215. The molecule has 2 aliphatic heterocycles. The maximum Gasteiger partial charge on any atom is 0.305 e. The summed E-state index contributed by atoms with van der Waals surface area (Å²) in [7, 11) is 3.70. The van der Waals surface area contributed by atoms with Crippen LogP contribution in [-0.2, 0) is 9.53 Å². The van der Waals surface area contributed by atoms with Gasteiger partial charge in [0.1, 0.15) is 0 Å². The van der Waals surface area contributed by atoms with Crippen LogP contribution in [0.2, 0.25) is 0 Å². The lowest BCUT2D eigenvalue weighted by molar-refractivity contribution is -0.142. The molecule has 0 spiro atoms. The van der Waals surface area contributed by atoms with Crippen LogP contribution in [0.4, 0.5) is 0 Å². The van der Waals surface area contributed by atoms with Crippen molar-refractivity contribution in [2.75, 3.05) is 14.2 Å². The predicted octanol–water partition coefficient (Wildman–Crippen LogP) is 1.42. The molecule has 2 saturated heterocycles. The summed E-state index contributed by atoms with van der Waals surface area (Å²) in [6, 6.07) is 1.45. The van der Waals surface area contributed by atoms with E-state index >= 15 is 0 Å². The fourth-order valence-corrected chi connectivity index (χ4v) is 3.01. The molecule has 2 heterocycles. The maximum absolute atomic E-state index is 11.2. The number of ether oxygens (including phenoxy) is 1. The van der Waals surface area contributed by atoms with Crippen LogP contribution in [0, 0.1) is 5.92 Å². The minimum Gasteiger partial charge on any atom is -0.469 e. The average molecular weight is 197 g/mol. The second kappa shape index (κ2) is 3.89. The molecule has 3 nitrogen and oxygen atoms in total. The van der Waals surface area contributed by atoms with E-state index in [4.69, 9.17) is 4.74 Å². The van der Waals surface area contributed by atoms with Gasteiger partial charge < -0.3 is 9.64 Å². The van der Waals surface area contributed by atoms with Gasteiger partial charge in [-0.1, -0.05) is 0 Å². The van der Waals surface area contributed by atoms with Gasteiger partial charge in [0.15, 0.2) is 0 Å². The number of carbonyl (C=O) groups excluding carboxylic acids is 1. The highest BCUT2D eigenvalue weighted by molar-refractivity contribution is 5.69. The number of nitrogens with zero attached hydrogens (tertiary/aromatic N) is 1. The summed E-state index contributed by atoms with van der Waals surface area (Å²) in [6.45, 7) is 0. The van der Waals surface area contributed by atoms with Gasteiger partial charge in [0.2, 0.25) is 0 Å². The molecule has 1 unspecified atom stereocenters. The largest absolute Gasteiger partial charge is 0.469 e. The van der Waals surface area contributed by atoms with Crippen molar-refractivity contribution in [3.63, 3.8) is 0 Å². The topological polar surface area (TPSA) is 29.5 Å². The van der Waals surface area contributed by atoms with Crippen LogP contribution >= 0.6 is 0 Å². The summed E-state index contributed by atoms with van der Waals surface area (Å²) in [5.41, 5.74) is 0. The molecule has 3 atom stereocenters. The van der Waals surface area contributed by atoms with Gasteiger partial charge in [-0.2, -0.15) is 0 Å². The number of esters is 1. The lowest BCUT2D eigenvalue weighted by atomic mass is 9.88. The molecule has 0 radical (unpaired) electrons. The molecule has 0 amide bonds. The van der Waals surface area contributed by atoms with Crippen molar-refractivity contribution < 1.29 is 9.53 Å². The van der Waals surface area contributed by atoms with Gasteiger partial charge in [-0.25, -0.2) is 0 Å². The van der Waals surface area contributed by atoms with Crippen molar-refractivity contribution in [3.05, 3.63) is 0 Å². The van der Waals surface area contributed by atoms with Crippen molar-refractivity contribution in [2.24, 2.45) is 5.92 Å². The second-order valence-electron chi connectivity index (χ2n) is 4.67. The third-order valence-corrected chi connectivity index (χ3v) is 3.88. The third kappa shape index (κ3) is 1.78. The number of fused-ring (bicyclic) bond motifs is 2. The van der Waals surface area contributed by atoms with E-state index in [2.05, 4.69) is 11.9 Å². The van der Waals surface area contributed by atoms with Crippen molar-refractivity contribution in [1.29, 1.82) is 0 Å². The number of hydrogen-bond donors (Lipinski definition) is 0. The van der Waals surface area contributed by atoms with Gasteiger partial charge in [0, 0.05) is 18.5 Å². The summed E-state index contributed by atoms with van der Waals surface area (Å²) >= 11 is 0. The number of hydrogen-bond acceptors (Lipinski definition) is 3. The highest BCUT2D eigenvalue weighted by Crippen LogP contribution is 2.38. The first-order valence-corrected chi connectivity index (χ1v) is 5.49. The molecule has 2 bridgehead atoms. The highest BCUT2D eigenvalue weighted by Gasteiger charge is 2.38. The first-order chi connectivity index (χ1) is 6.70. The summed E-state index contributed by atoms with van der Waals surface area (Å²) < 4.78 is 4.72. The molecule has 0 aromatic heterocycles. The monoisotopic (exact) mass is 197 g/mol. The quantitative estimate of drug-likeness (QED) is 0.627. The smallest absolute Gasteiger partial charge is 0.305 e. The van der Waals surface area contributed by atoms with E-state index in [-0.39, 0.29) is 5.97 Å². The summed E-state index contributed by atoms with van der Waals surface area (Å²) in [4.78, 5) is 13.7. The van der Waals surface area contributed by atoms with Gasteiger partial charge >= 0.3 is 5.97 Å². The molecular weight excluding hydrogens is 178 g/mol. The fourth-order valence-electron chi connectivity index (χ4n) is 3.01. The van der Waals surface area contributed by atoms with E-state index in [1.807, 2.05) is 0 Å². The van der Waals surface area contributed by atoms with Crippen molar-refractivity contribution >= 4 is 5.97 Å².